The second-order valence-corrected chi connectivity index (χ2v) is 4.35. The van der Waals surface area contributed by atoms with Gasteiger partial charge in [-0.25, -0.2) is 0 Å². The van der Waals surface area contributed by atoms with Crippen LogP contribution >= 0.6 is 0 Å². The lowest BCUT2D eigenvalue weighted by atomic mass is 10.2. The minimum Gasteiger partial charge on any atom is -0.379 e. The Balaban J connectivity index is 3.24. The summed E-state index contributed by atoms with van der Waals surface area (Å²) in [6.07, 6.45) is 0. The van der Waals surface area contributed by atoms with Gasteiger partial charge in [-0.3, -0.25) is 4.79 Å². The molecule has 0 unspecified atom stereocenters. The summed E-state index contributed by atoms with van der Waals surface area (Å²) >= 11 is 0. The van der Waals surface area contributed by atoms with Crippen molar-refractivity contribution in [3.05, 3.63) is 0 Å². The van der Waals surface area contributed by atoms with Crippen LogP contribution in [0.1, 0.15) is 27.7 Å². The maximum absolute atomic E-state index is 11.2. The number of ether oxygens (including phenoxy) is 1. The number of hydrogen-bond acceptors (Lipinski definition) is 3. The van der Waals surface area contributed by atoms with Gasteiger partial charge in [-0.15, -0.1) is 0 Å². The Kier molecular flexibility index (Phi) is 8.33. The molecule has 0 saturated heterocycles. The van der Waals surface area contributed by atoms with Crippen molar-refractivity contribution in [1.29, 1.82) is 0 Å². The summed E-state index contributed by atoms with van der Waals surface area (Å²) < 4.78 is 5.34. The van der Waals surface area contributed by atoms with Gasteiger partial charge in [-0.05, 0) is 5.92 Å². The molecule has 0 aliphatic carbocycles. The Labute approximate surface area is 92.8 Å². The first-order valence-corrected chi connectivity index (χ1v) is 5.60. The molecular weight excluding hydrogens is 192 g/mol. The van der Waals surface area contributed by atoms with Gasteiger partial charge in [-0.2, -0.15) is 0 Å². The molecule has 1 amide bonds. The normalized spacial score (nSPS) is 11.1. The molecule has 0 bridgehead atoms. The highest BCUT2D eigenvalue weighted by Gasteiger charge is 2.01. The number of carbonyl (C=O) groups is 1. The summed E-state index contributed by atoms with van der Waals surface area (Å²) in [5, 5.41) is 5.84. The van der Waals surface area contributed by atoms with Crippen molar-refractivity contribution in [3.8, 4) is 0 Å². The lowest BCUT2D eigenvalue weighted by molar-refractivity contribution is -0.120. The van der Waals surface area contributed by atoms with E-state index in [1.165, 1.54) is 0 Å². The average molecular weight is 216 g/mol. The molecule has 2 N–H and O–H groups in total. The SMILES string of the molecule is CC(C)COCCNC(=O)CNC(C)C. The van der Waals surface area contributed by atoms with Crippen LogP contribution in [0, 0.1) is 5.92 Å². The topological polar surface area (TPSA) is 50.4 Å². The predicted octanol–water partition coefficient (Wildman–Crippen LogP) is 0.773. The van der Waals surface area contributed by atoms with E-state index in [2.05, 4.69) is 24.5 Å². The summed E-state index contributed by atoms with van der Waals surface area (Å²) in [4.78, 5) is 11.2. The molecule has 15 heavy (non-hydrogen) atoms. The monoisotopic (exact) mass is 216 g/mol. The number of nitrogens with one attached hydrogen (secondary N) is 2. The van der Waals surface area contributed by atoms with Crippen molar-refractivity contribution in [2.45, 2.75) is 33.7 Å². The van der Waals surface area contributed by atoms with Crippen molar-refractivity contribution in [1.82, 2.24) is 10.6 Å². The Morgan fingerprint density at radius 2 is 1.93 bits per heavy atom. The highest BCUT2D eigenvalue weighted by molar-refractivity contribution is 5.77. The maximum atomic E-state index is 11.2. The lowest BCUT2D eigenvalue weighted by Gasteiger charge is -2.10. The molecule has 0 aliphatic rings. The van der Waals surface area contributed by atoms with Crippen LogP contribution in [-0.4, -0.2) is 38.3 Å². The number of hydrogen-bond donors (Lipinski definition) is 2. The first kappa shape index (κ1) is 14.4. The molecule has 0 saturated carbocycles. The smallest absolute Gasteiger partial charge is 0.234 e. The number of rotatable bonds is 8. The molecule has 0 aromatic rings. The van der Waals surface area contributed by atoms with Crippen LogP contribution in [0.25, 0.3) is 0 Å². The van der Waals surface area contributed by atoms with E-state index in [1.807, 2.05) is 13.8 Å². The molecule has 0 heterocycles. The molecule has 0 atom stereocenters. The summed E-state index contributed by atoms with van der Waals surface area (Å²) in [5.41, 5.74) is 0. The first-order valence-electron chi connectivity index (χ1n) is 5.60. The fourth-order valence-electron chi connectivity index (χ4n) is 0.941. The molecule has 4 heteroatoms. The van der Waals surface area contributed by atoms with Crippen LogP contribution in [0.2, 0.25) is 0 Å². The third-order valence-electron chi connectivity index (χ3n) is 1.69. The molecule has 0 fully saturated rings. The summed E-state index contributed by atoms with van der Waals surface area (Å²) in [7, 11) is 0. The molecule has 0 radical (unpaired) electrons. The van der Waals surface area contributed by atoms with Gasteiger partial charge in [0.05, 0.1) is 13.2 Å². The molecule has 0 aromatic carbocycles. The second-order valence-electron chi connectivity index (χ2n) is 4.35. The van der Waals surface area contributed by atoms with Gasteiger partial charge in [0, 0.05) is 19.2 Å². The van der Waals surface area contributed by atoms with E-state index in [9.17, 15) is 4.79 Å². The van der Waals surface area contributed by atoms with Crippen LogP contribution in [-0.2, 0) is 9.53 Å². The van der Waals surface area contributed by atoms with E-state index < -0.39 is 0 Å². The van der Waals surface area contributed by atoms with E-state index in [-0.39, 0.29) is 5.91 Å². The lowest BCUT2D eigenvalue weighted by Crippen LogP contribution is -2.38. The summed E-state index contributed by atoms with van der Waals surface area (Å²) in [6, 6.07) is 0.341. The zero-order valence-corrected chi connectivity index (χ0v) is 10.3. The fourth-order valence-corrected chi connectivity index (χ4v) is 0.941. The van der Waals surface area contributed by atoms with E-state index in [4.69, 9.17) is 4.74 Å². The number of carbonyl (C=O) groups excluding carboxylic acids is 1. The Morgan fingerprint density at radius 1 is 1.27 bits per heavy atom. The summed E-state index contributed by atoms with van der Waals surface area (Å²) in [6.45, 7) is 10.5. The van der Waals surface area contributed by atoms with E-state index in [0.717, 1.165) is 6.61 Å². The number of amides is 1. The van der Waals surface area contributed by atoms with Crippen molar-refractivity contribution in [3.63, 3.8) is 0 Å². The molecule has 90 valence electrons. The van der Waals surface area contributed by atoms with E-state index in [1.54, 1.807) is 0 Å². The van der Waals surface area contributed by atoms with Gasteiger partial charge in [-0.1, -0.05) is 27.7 Å². The van der Waals surface area contributed by atoms with Crippen LogP contribution in [0.4, 0.5) is 0 Å². The Morgan fingerprint density at radius 3 is 2.47 bits per heavy atom. The zero-order chi connectivity index (χ0) is 11.7. The molecule has 0 aromatic heterocycles. The maximum Gasteiger partial charge on any atom is 0.234 e. The summed E-state index contributed by atoms with van der Waals surface area (Å²) in [5.74, 6) is 0.570. The van der Waals surface area contributed by atoms with Crippen LogP contribution in [0.15, 0.2) is 0 Å². The predicted molar refractivity (Wildman–Crippen MR) is 61.8 cm³/mol. The molecule has 0 spiro atoms. The van der Waals surface area contributed by atoms with Crippen LogP contribution in [0.5, 0.6) is 0 Å². The molecule has 0 aliphatic heterocycles. The van der Waals surface area contributed by atoms with Crippen molar-refractivity contribution >= 4 is 5.91 Å². The van der Waals surface area contributed by atoms with E-state index >= 15 is 0 Å². The quantitative estimate of drug-likeness (QED) is 0.589. The Hall–Kier alpha value is -0.610. The second kappa shape index (κ2) is 8.68. The highest BCUT2D eigenvalue weighted by atomic mass is 16.5. The van der Waals surface area contributed by atoms with Crippen molar-refractivity contribution in [2.75, 3.05) is 26.3 Å². The minimum atomic E-state index is 0.0249. The van der Waals surface area contributed by atoms with Gasteiger partial charge >= 0.3 is 0 Å². The van der Waals surface area contributed by atoms with E-state index in [0.29, 0.717) is 31.7 Å². The Bertz CT molecular complexity index is 170. The molecule has 4 nitrogen and oxygen atoms in total. The van der Waals surface area contributed by atoms with Crippen LogP contribution in [0.3, 0.4) is 0 Å². The third-order valence-corrected chi connectivity index (χ3v) is 1.69. The van der Waals surface area contributed by atoms with Gasteiger partial charge < -0.3 is 15.4 Å². The average Bonchev–Trinajstić information content (AvgIpc) is 2.13. The highest BCUT2D eigenvalue weighted by Crippen LogP contribution is 1.90. The minimum absolute atomic E-state index is 0.0249. The molecular formula is C11H24N2O2. The van der Waals surface area contributed by atoms with Crippen molar-refractivity contribution < 1.29 is 9.53 Å². The van der Waals surface area contributed by atoms with Gasteiger partial charge in [0.15, 0.2) is 0 Å². The van der Waals surface area contributed by atoms with Crippen LogP contribution < -0.4 is 10.6 Å². The van der Waals surface area contributed by atoms with Gasteiger partial charge in [0.25, 0.3) is 0 Å². The largest absolute Gasteiger partial charge is 0.379 e. The fraction of sp³-hybridized carbons (Fsp3) is 0.909. The van der Waals surface area contributed by atoms with Gasteiger partial charge in [0.2, 0.25) is 5.91 Å². The third kappa shape index (κ3) is 11.3. The standard InChI is InChI=1S/C11H24N2O2/c1-9(2)8-15-6-5-12-11(14)7-13-10(3)4/h9-10,13H,5-8H2,1-4H3,(H,12,14). The molecule has 0 rings (SSSR count). The van der Waals surface area contributed by atoms with Crippen molar-refractivity contribution in [2.24, 2.45) is 5.92 Å². The van der Waals surface area contributed by atoms with Gasteiger partial charge in [0.1, 0.15) is 0 Å². The first-order chi connectivity index (χ1) is 7.02. The zero-order valence-electron chi connectivity index (χ0n) is 10.3.